The zero-order chi connectivity index (χ0) is 20.5. The van der Waals surface area contributed by atoms with Gasteiger partial charge in [-0.1, -0.05) is 47.1 Å². The molecule has 2 aromatic carbocycles. The van der Waals surface area contributed by atoms with Gasteiger partial charge in [0.1, 0.15) is 11.8 Å². The molecule has 0 fully saturated rings. The van der Waals surface area contributed by atoms with Gasteiger partial charge in [0.25, 0.3) is 0 Å². The Morgan fingerprint density at radius 2 is 1.86 bits per heavy atom. The van der Waals surface area contributed by atoms with E-state index in [1.807, 2.05) is 55.5 Å². The Morgan fingerprint density at radius 1 is 1.14 bits per heavy atom. The van der Waals surface area contributed by atoms with Gasteiger partial charge in [-0.05, 0) is 48.7 Å². The van der Waals surface area contributed by atoms with Crippen molar-refractivity contribution in [3.63, 3.8) is 0 Å². The predicted octanol–water partition coefficient (Wildman–Crippen LogP) is 3.94. The third-order valence-electron chi connectivity index (χ3n) is 4.47. The molecule has 2 amide bonds. The average molecular weight is 447 g/mol. The maximum Gasteiger partial charge on any atom is 0.242 e. The normalized spacial score (nSPS) is 11.6. The van der Waals surface area contributed by atoms with Crippen LogP contribution in [0.3, 0.4) is 0 Å². The number of nitrogens with one attached hydrogen (secondary N) is 1. The highest BCUT2D eigenvalue weighted by atomic mass is 79.9. The summed E-state index contributed by atoms with van der Waals surface area (Å²) in [7, 11) is 1.61. The molecule has 2 aromatic rings. The van der Waals surface area contributed by atoms with Gasteiger partial charge in [0.2, 0.25) is 11.8 Å². The molecule has 0 aliphatic carbocycles. The zero-order valence-electron chi connectivity index (χ0n) is 16.6. The molecule has 0 aliphatic heterocycles. The minimum absolute atomic E-state index is 0.0932. The lowest BCUT2D eigenvalue weighted by Crippen LogP contribution is -2.48. The van der Waals surface area contributed by atoms with E-state index in [9.17, 15) is 9.59 Å². The van der Waals surface area contributed by atoms with Gasteiger partial charge in [0.05, 0.1) is 13.5 Å². The van der Waals surface area contributed by atoms with Crippen molar-refractivity contribution in [3.8, 4) is 5.75 Å². The first-order valence-corrected chi connectivity index (χ1v) is 10.2. The van der Waals surface area contributed by atoms with Gasteiger partial charge in [0.15, 0.2) is 0 Å². The van der Waals surface area contributed by atoms with Crippen LogP contribution in [0.25, 0.3) is 0 Å². The predicted molar refractivity (Wildman–Crippen MR) is 114 cm³/mol. The lowest BCUT2D eigenvalue weighted by Gasteiger charge is -2.29. The van der Waals surface area contributed by atoms with Crippen LogP contribution in [0.5, 0.6) is 5.75 Å². The number of amides is 2. The Kier molecular flexibility index (Phi) is 8.51. The summed E-state index contributed by atoms with van der Waals surface area (Å²) in [6, 6.07) is 14.6. The number of benzene rings is 2. The molecule has 0 bridgehead atoms. The van der Waals surface area contributed by atoms with Crippen LogP contribution in [0.4, 0.5) is 0 Å². The van der Waals surface area contributed by atoms with Crippen LogP contribution in [0, 0.1) is 0 Å². The van der Waals surface area contributed by atoms with Gasteiger partial charge in [-0.15, -0.1) is 0 Å². The van der Waals surface area contributed by atoms with E-state index in [0.29, 0.717) is 13.1 Å². The topological polar surface area (TPSA) is 58.6 Å². The van der Waals surface area contributed by atoms with E-state index in [2.05, 4.69) is 21.2 Å². The summed E-state index contributed by atoms with van der Waals surface area (Å²) >= 11 is 3.46. The van der Waals surface area contributed by atoms with E-state index in [0.717, 1.165) is 27.8 Å². The van der Waals surface area contributed by atoms with Gasteiger partial charge in [-0.25, -0.2) is 0 Å². The summed E-state index contributed by atoms with van der Waals surface area (Å²) in [5, 5.41) is 2.88. The molecule has 0 unspecified atom stereocenters. The highest BCUT2D eigenvalue weighted by Crippen LogP contribution is 2.17. The number of carbonyl (C=O) groups is 2. The number of nitrogens with zero attached hydrogens (tertiary/aromatic N) is 1. The fourth-order valence-corrected chi connectivity index (χ4v) is 3.28. The van der Waals surface area contributed by atoms with Crippen LogP contribution in [-0.2, 0) is 22.6 Å². The summed E-state index contributed by atoms with van der Waals surface area (Å²) in [4.78, 5) is 27.2. The first-order chi connectivity index (χ1) is 13.4. The SMILES string of the molecule is CCCNC(=O)[C@H](C)N(Cc1cccc(Br)c1)C(=O)Cc1ccc(OC)cc1. The third-order valence-corrected chi connectivity index (χ3v) is 4.97. The van der Waals surface area contributed by atoms with Crippen molar-refractivity contribution >= 4 is 27.7 Å². The fraction of sp³-hybridized carbons (Fsp3) is 0.364. The van der Waals surface area contributed by atoms with Gasteiger partial charge in [-0.2, -0.15) is 0 Å². The smallest absolute Gasteiger partial charge is 0.242 e. The minimum atomic E-state index is -0.559. The second-order valence-electron chi connectivity index (χ2n) is 6.64. The largest absolute Gasteiger partial charge is 0.497 e. The number of rotatable bonds is 9. The summed E-state index contributed by atoms with van der Waals surface area (Å²) in [6.07, 6.45) is 1.08. The molecule has 2 rings (SSSR count). The maximum atomic E-state index is 13.1. The zero-order valence-corrected chi connectivity index (χ0v) is 18.2. The number of halogens is 1. The highest BCUT2D eigenvalue weighted by molar-refractivity contribution is 9.10. The first kappa shape index (κ1) is 22.0. The molecule has 0 saturated carbocycles. The van der Waals surface area contributed by atoms with E-state index < -0.39 is 6.04 Å². The molecule has 1 N–H and O–H groups in total. The van der Waals surface area contributed by atoms with Crippen molar-refractivity contribution in [1.82, 2.24) is 10.2 Å². The van der Waals surface area contributed by atoms with E-state index in [4.69, 9.17) is 4.74 Å². The molecule has 0 radical (unpaired) electrons. The molecule has 150 valence electrons. The second-order valence-corrected chi connectivity index (χ2v) is 7.56. The number of carbonyl (C=O) groups excluding carboxylic acids is 2. The van der Waals surface area contributed by atoms with Crippen LogP contribution in [-0.4, -0.2) is 36.4 Å². The molecule has 0 heterocycles. The van der Waals surface area contributed by atoms with Crippen LogP contribution >= 0.6 is 15.9 Å². The van der Waals surface area contributed by atoms with E-state index in [1.54, 1.807) is 18.9 Å². The molecule has 0 aliphatic rings. The summed E-state index contributed by atoms with van der Waals surface area (Å²) in [6.45, 7) is 4.74. The Morgan fingerprint density at radius 3 is 2.46 bits per heavy atom. The van der Waals surface area contributed by atoms with Crippen LogP contribution < -0.4 is 10.1 Å². The van der Waals surface area contributed by atoms with Crippen molar-refractivity contribution in [2.45, 2.75) is 39.3 Å². The van der Waals surface area contributed by atoms with Gasteiger partial charge < -0.3 is 15.0 Å². The lowest BCUT2D eigenvalue weighted by molar-refractivity contribution is -0.140. The Balaban J connectivity index is 2.19. The second kappa shape index (κ2) is 10.9. The van der Waals surface area contributed by atoms with Crippen molar-refractivity contribution < 1.29 is 14.3 Å². The molecule has 0 spiro atoms. The Labute approximate surface area is 175 Å². The Bertz CT molecular complexity index is 793. The molecule has 5 nitrogen and oxygen atoms in total. The highest BCUT2D eigenvalue weighted by Gasteiger charge is 2.26. The van der Waals surface area contributed by atoms with E-state index >= 15 is 0 Å². The number of hydrogen-bond acceptors (Lipinski definition) is 3. The Hall–Kier alpha value is -2.34. The van der Waals surface area contributed by atoms with Crippen molar-refractivity contribution in [1.29, 1.82) is 0 Å². The molecular weight excluding hydrogens is 420 g/mol. The summed E-state index contributed by atoms with van der Waals surface area (Å²) in [5.41, 5.74) is 1.85. The standard InChI is InChI=1S/C22H27BrN2O3/c1-4-12-24-22(27)16(2)25(15-18-6-5-7-19(23)13-18)21(26)14-17-8-10-20(28-3)11-9-17/h5-11,13,16H,4,12,14-15H2,1-3H3,(H,24,27)/t16-/m0/s1. The molecular formula is C22H27BrN2O3. The van der Waals surface area contributed by atoms with Gasteiger partial charge >= 0.3 is 0 Å². The van der Waals surface area contributed by atoms with Crippen LogP contribution in [0.15, 0.2) is 53.0 Å². The van der Waals surface area contributed by atoms with Crippen molar-refractivity contribution in [3.05, 3.63) is 64.1 Å². The summed E-state index contributed by atoms with van der Waals surface area (Å²) in [5.74, 6) is 0.513. The molecule has 0 saturated heterocycles. The lowest BCUT2D eigenvalue weighted by atomic mass is 10.1. The monoisotopic (exact) mass is 446 g/mol. The number of hydrogen-bond donors (Lipinski definition) is 1. The van der Waals surface area contributed by atoms with Gasteiger partial charge in [-0.3, -0.25) is 9.59 Å². The summed E-state index contributed by atoms with van der Waals surface area (Å²) < 4.78 is 6.11. The van der Waals surface area contributed by atoms with E-state index in [-0.39, 0.29) is 18.2 Å². The van der Waals surface area contributed by atoms with Crippen LogP contribution in [0.1, 0.15) is 31.4 Å². The van der Waals surface area contributed by atoms with Crippen LogP contribution in [0.2, 0.25) is 0 Å². The quantitative estimate of drug-likeness (QED) is 0.634. The number of methoxy groups -OCH3 is 1. The van der Waals surface area contributed by atoms with Crippen molar-refractivity contribution in [2.24, 2.45) is 0 Å². The molecule has 0 aromatic heterocycles. The first-order valence-electron chi connectivity index (χ1n) is 9.39. The molecule has 6 heteroatoms. The average Bonchev–Trinajstić information content (AvgIpc) is 2.70. The van der Waals surface area contributed by atoms with Gasteiger partial charge in [0, 0.05) is 17.6 Å². The third kappa shape index (κ3) is 6.37. The molecule has 28 heavy (non-hydrogen) atoms. The minimum Gasteiger partial charge on any atom is -0.497 e. The molecule has 1 atom stereocenters. The van der Waals surface area contributed by atoms with Crippen molar-refractivity contribution in [2.75, 3.05) is 13.7 Å². The van der Waals surface area contributed by atoms with E-state index in [1.165, 1.54) is 0 Å². The number of ether oxygens (including phenoxy) is 1. The fourth-order valence-electron chi connectivity index (χ4n) is 2.83. The maximum absolute atomic E-state index is 13.1.